The third-order valence-electron chi connectivity index (χ3n) is 2.45. The van der Waals surface area contributed by atoms with Crippen LogP contribution in [0.4, 0.5) is 4.39 Å². The first-order valence-corrected chi connectivity index (χ1v) is 5.56. The second-order valence-corrected chi connectivity index (χ2v) is 4.41. The van der Waals surface area contributed by atoms with E-state index in [1.165, 1.54) is 24.9 Å². The highest BCUT2D eigenvalue weighted by atomic mass is 79.9. The van der Waals surface area contributed by atoms with Crippen molar-refractivity contribution in [2.24, 2.45) is 0 Å². The van der Waals surface area contributed by atoms with Crippen LogP contribution in [-0.2, 0) is 4.79 Å². The standard InChI is InChI=1S/C11H13BrFNO2/c1-7(16)14(2)11(6-15)9-5-8(12)3-4-10(9)13/h3-5,11,15H,6H2,1-2H3. The van der Waals surface area contributed by atoms with E-state index in [1.807, 2.05) is 0 Å². The predicted octanol–water partition coefficient (Wildman–Crippen LogP) is 2.10. The Bertz CT molecular complexity index is 398. The van der Waals surface area contributed by atoms with E-state index in [0.29, 0.717) is 10.0 Å². The van der Waals surface area contributed by atoms with Crippen LogP contribution >= 0.6 is 15.9 Å². The number of carbonyl (C=O) groups excluding carboxylic acids is 1. The molecule has 16 heavy (non-hydrogen) atoms. The fraction of sp³-hybridized carbons (Fsp3) is 0.364. The third-order valence-corrected chi connectivity index (χ3v) is 2.95. The van der Waals surface area contributed by atoms with Gasteiger partial charge in [0.05, 0.1) is 12.6 Å². The van der Waals surface area contributed by atoms with Crippen LogP contribution in [-0.4, -0.2) is 29.6 Å². The molecule has 1 aromatic carbocycles. The minimum Gasteiger partial charge on any atom is -0.394 e. The average Bonchev–Trinajstić information content (AvgIpc) is 2.23. The Balaban J connectivity index is 3.12. The van der Waals surface area contributed by atoms with Crippen molar-refractivity contribution in [3.05, 3.63) is 34.1 Å². The molecule has 0 aliphatic rings. The first kappa shape index (κ1) is 13.1. The lowest BCUT2D eigenvalue weighted by atomic mass is 10.1. The summed E-state index contributed by atoms with van der Waals surface area (Å²) in [6.45, 7) is 1.06. The van der Waals surface area contributed by atoms with Crippen molar-refractivity contribution in [3.8, 4) is 0 Å². The maximum Gasteiger partial charge on any atom is 0.219 e. The van der Waals surface area contributed by atoms with Gasteiger partial charge in [0.15, 0.2) is 0 Å². The zero-order chi connectivity index (χ0) is 12.3. The molecule has 0 heterocycles. The van der Waals surface area contributed by atoms with Gasteiger partial charge in [0, 0.05) is 24.0 Å². The fourth-order valence-corrected chi connectivity index (χ4v) is 1.80. The Labute approximate surface area is 102 Å². The van der Waals surface area contributed by atoms with Crippen LogP contribution in [0.1, 0.15) is 18.5 Å². The number of likely N-dealkylation sites (N-methyl/N-ethyl adjacent to an activating group) is 1. The summed E-state index contributed by atoms with van der Waals surface area (Å²) in [5, 5.41) is 9.24. The van der Waals surface area contributed by atoms with Crippen LogP contribution in [0.5, 0.6) is 0 Å². The summed E-state index contributed by atoms with van der Waals surface area (Å²) in [7, 11) is 1.53. The van der Waals surface area contributed by atoms with Gasteiger partial charge in [-0.1, -0.05) is 15.9 Å². The van der Waals surface area contributed by atoms with Crippen molar-refractivity contribution in [2.75, 3.05) is 13.7 Å². The SMILES string of the molecule is CC(=O)N(C)C(CO)c1cc(Br)ccc1F. The zero-order valence-electron chi connectivity index (χ0n) is 9.08. The Morgan fingerprint density at radius 3 is 2.75 bits per heavy atom. The monoisotopic (exact) mass is 289 g/mol. The molecule has 1 rings (SSSR count). The molecular weight excluding hydrogens is 277 g/mol. The number of nitrogens with zero attached hydrogens (tertiary/aromatic N) is 1. The zero-order valence-corrected chi connectivity index (χ0v) is 10.7. The third kappa shape index (κ3) is 2.80. The highest BCUT2D eigenvalue weighted by Crippen LogP contribution is 2.25. The number of amides is 1. The molecule has 0 bridgehead atoms. The molecule has 88 valence electrons. The minimum atomic E-state index is -0.657. The molecule has 5 heteroatoms. The minimum absolute atomic E-state index is 0.224. The highest BCUT2D eigenvalue weighted by molar-refractivity contribution is 9.10. The number of hydrogen-bond acceptors (Lipinski definition) is 2. The molecule has 1 unspecified atom stereocenters. The molecule has 0 saturated carbocycles. The van der Waals surface area contributed by atoms with E-state index in [0.717, 1.165) is 0 Å². The van der Waals surface area contributed by atoms with Gasteiger partial charge in [0.25, 0.3) is 0 Å². The van der Waals surface area contributed by atoms with Crippen molar-refractivity contribution in [3.63, 3.8) is 0 Å². The maximum atomic E-state index is 13.6. The molecule has 0 aliphatic heterocycles. The largest absolute Gasteiger partial charge is 0.394 e. The lowest BCUT2D eigenvalue weighted by Crippen LogP contribution is -2.31. The molecule has 0 saturated heterocycles. The van der Waals surface area contributed by atoms with Gasteiger partial charge in [0.2, 0.25) is 5.91 Å². The molecule has 0 fully saturated rings. The van der Waals surface area contributed by atoms with Crippen molar-refractivity contribution in [1.82, 2.24) is 4.90 Å². The van der Waals surface area contributed by atoms with Crippen LogP contribution in [0.3, 0.4) is 0 Å². The molecule has 0 radical (unpaired) electrons. The second kappa shape index (κ2) is 5.41. The summed E-state index contributed by atoms with van der Waals surface area (Å²) in [6, 6.07) is 3.78. The van der Waals surface area contributed by atoms with Crippen molar-refractivity contribution in [1.29, 1.82) is 0 Å². The predicted molar refractivity (Wildman–Crippen MR) is 62.4 cm³/mol. The molecule has 1 aromatic rings. The lowest BCUT2D eigenvalue weighted by Gasteiger charge is -2.26. The maximum absolute atomic E-state index is 13.6. The van der Waals surface area contributed by atoms with Gasteiger partial charge in [-0.05, 0) is 18.2 Å². The Morgan fingerprint density at radius 2 is 2.25 bits per heavy atom. The topological polar surface area (TPSA) is 40.5 Å². The average molecular weight is 290 g/mol. The van der Waals surface area contributed by atoms with Crippen LogP contribution in [0.2, 0.25) is 0 Å². The van der Waals surface area contributed by atoms with Crippen LogP contribution < -0.4 is 0 Å². The van der Waals surface area contributed by atoms with Crippen LogP contribution in [0.25, 0.3) is 0 Å². The van der Waals surface area contributed by atoms with Gasteiger partial charge >= 0.3 is 0 Å². The number of carbonyl (C=O) groups is 1. The summed E-state index contributed by atoms with van der Waals surface area (Å²) >= 11 is 3.23. The van der Waals surface area contributed by atoms with E-state index < -0.39 is 11.9 Å². The number of hydrogen-bond donors (Lipinski definition) is 1. The smallest absolute Gasteiger partial charge is 0.219 e. The van der Waals surface area contributed by atoms with Gasteiger partial charge in [-0.15, -0.1) is 0 Å². The van der Waals surface area contributed by atoms with Crippen molar-refractivity contribution in [2.45, 2.75) is 13.0 Å². The number of halogens is 2. The summed E-state index contributed by atoms with van der Waals surface area (Å²) < 4.78 is 14.3. The van der Waals surface area contributed by atoms with Gasteiger partial charge in [-0.2, -0.15) is 0 Å². The van der Waals surface area contributed by atoms with Gasteiger partial charge in [-0.25, -0.2) is 4.39 Å². The van der Waals surface area contributed by atoms with E-state index in [1.54, 1.807) is 12.1 Å². The van der Waals surface area contributed by atoms with E-state index in [4.69, 9.17) is 0 Å². The Morgan fingerprint density at radius 1 is 1.62 bits per heavy atom. The Hall–Kier alpha value is -0.940. The molecule has 0 aromatic heterocycles. The van der Waals surface area contributed by atoms with E-state index >= 15 is 0 Å². The van der Waals surface area contributed by atoms with E-state index in [-0.39, 0.29) is 12.5 Å². The molecule has 1 amide bonds. The summed E-state index contributed by atoms with van der Waals surface area (Å²) in [6.07, 6.45) is 0. The Kier molecular flexibility index (Phi) is 4.44. The normalized spacial score (nSPS) is 12.3. The fourth-order valence-electron chi connectivity index (χ4n) is 1.42. The van der Waals surface area contributed by atoms with Crippen molar-refractivity contribution >= 4 is 21.8 Å². The quantitative estimate of drug-likeness (QED) is 0.926. The molecule has 0 spiro atoms. The van der Waals surface area contributed by atoms with Crippen LogP contribution in [0.15, 0.2) is 22.7 Å². The van der Waals surface area contributed by atoms with Gasteiger partial charge in [-0.3, -0.25) is 4.79 Å². The molecular formula is C11H13BrFNO2. The molecule has 1 atom stereocenters. The van der Waals surface area contributed by atoms with Gasteiger partial charge < -0.3 is 10.0 Å². The van der Waals surface area contributed by atoms with E-state index in [2.05, 4.69) is 15.9 Å². The number of benzene rings is 1. The first-order valence-electron chi connectivity index (χ1n) is 4.76. The van der Waals surface area contributed by atoms with Crippen molar-refractivity contribution < 1.29 is 14.3 Å². The first-order chi connectivity index (χ1) is 7.47. The molecule has 1 N–H and O–H groups in total. The lowest BCUT2D eigenvalue weighted by molar-refractivity contribution is -0.130. The number of rotatable bonds is 3. The van der Waals surface area contributed by atoms with E-state index in [9.17, 15) is 14.3 Å². The summed E-state index contributed by atoms with van der Waals surface area (Å²) in [5.74, 6) is -0.659. The molecule has 3 nitrogen and oxygen atoms in total. The van der Waals surface area contributed by atoms with Gasteiger partial charge in [0.1, 0.15) is 5.82 Å². The van der Waals surface area contributed by atoms with Crippen LogP contribution in [0, 0.1) is 5.82 Å². The molecule has 0 aliphatic carbocycles. The number of aliphatic hydroxyl groups is 1. The number of aliphatic hydroxyl groups excluding tert-OH is 1. The summed E-state index contributed by atoms with van der Waals surface area (Å²) in [5.41, 5.74) is 0.301. The summed E-state index contributed by atoms with van der Waals surface area (Å²) in [4.78, 5) is 12.5. The second-order valence-electron chi connectivity index (χ2n) is 3.49. The highest BCUT2D eigenvalue weighted by Gasteiger charge is 2.21.